The minimum absolute atomic E-state index is 0.147. The Morgan fingerprint density at radius 3 is 2.38 bits per heavy atom. The van der Waals surface area contributed by atoms with Crippen LogP contribution in [0.3, 0.4) is 0 Å². The summed E-state index contributed by atoms with van der Waals surface area (Å²) in [6, 6.07) is 6.15. The van der Waals surface area contributed by atoms with Gasteiger partial charge in [-0.2, -0.15) is 0 Å². The first-order valence-electron chi connectivity index (χ1n) is 5.83. The summed E-state index contributed by atoms with van der Waals surface area (Å²) in [4.78, 5) is 0. The van der Waals surface area contributed by atoms with Gasteiger partial charge in [-0.05, 0) is 37.1 Å². The number of hydrogen-bond donors (Lipinski definition) is 1. The van der Waals surface area contributed by atoms with Crippen molar-refractivity contribution >= 4 is 0 Å². The largest absolute Gasteiger partial charge is 0.493 e. The molecule has 2 rings (SSSR count). The van der Waals surface area contributed by atoms with Gasteiger partial charge in [0.05, 0.1) is 6.61 Å². The first-order chi connectivity index (χ1) is 7.74. The number of halogens is 1. The van der Waals surface area contributed by atoms with Crippen LogP contribution in [0.1, 0.15) is 25.7 Å². The van der Waals surface area contributed by atoms with E-state index in [9.17, 15) is 4.39 Å². The predicted octanol–water partition coefficient (Wildman–Crippen LogP) is 2.72. The standard InChI is InChI=1S/C13H18FNO/c14-11-3-5-12(6-4-11)16-10-13(9-15)7-1-2-8-13/h3-6H,1-2,7-10,15H2. The predicted molar refractivity (Wildman–Crippen MR) is 61.9 cm³/mol. The monoisotopic (exact) mass is 223 g/mol. The third kappa shape index (κ3) is 2.53. The molecule has 16 heavy (non-hydrogen) atoms. The zero-order valence-corrected chi connectivity index (χ0v) is 9.42. The molecule has 1 aromatic carbocycles. The molecule has 2 nitrogen and oxygen atoms in total. The van der Waals surface area contributed by atoms with E-state index in [-0.39, 0.29) is 11.2 Å². The molecule has 1 fully saturated rings. The molecule has 0 bridgehead atoms. The summed E-state index contributed by atoms with van der Waals surface area (Å²) in [5.74, 6) is 0.489. The molecule has 0 aromatic heterocycles. The van der Waals surface area contributed by atoms with Gasteiger partial charge in [-0.1, -0.05) is 12.8 Å². The van der Waals surface area contributed by atoms with Crippen LogP contribution in [-0.4, -0.2) is 13.2 Å². The van der Waals surface area contributed by atoms with Crippen LogP contribution in [0.4, 0.5) is 4.39 Å². The van der Waals surface area contributed by atoms with Crippen LogP contribution in [-0.2, 0) is 0 Å². The summed E-state index contributed by atoms with van der Waals surface area (Å²) < 4.78 is 18.4. The highest BCUT2D eigenvalue weighted by Crippen LogP contribution is 2.37. The van der Waals surface area contributed by atoms with Crippen molar-refractivity contribution in [2.24, 2.45) is 11.1 Å². The number of hydrogen-bond acceptors (Lipinski definition) is 2. The normalized spacial score (nSPS) is 18.6. The Labute approximate surface area is 95.6 Å². The average molecular weight is 223 g/mol. The molecule has 1 aliphatic carbocycles. The molecule has 1 aromatic rings. The van der Waals surface area contributed by atoms with E-state index in [1.807, 2.05) is 0 Å². The van der Waals surface area contributed by atoms with Gasteiger partial charge in [-0.25, -0.2) is 4.39 Å². The molecule has 0 radical (unpaired) electrons. The van der Waals surface area contributed by atoms with Crippen LogP contribution in [0, 0.1) is 11.2 Å². The van der Waals surface area contributed by atoms with Crippen LogP contribution in [0.2, 0.25) is 0 Å². The second kappa shape index (κ2) is 4.83. The molecular weight excluding hydrogens is 205 g/mol. The quantitative estimate of drug-likeness (QED) is 0.851. The fourth-order valence-corrected chi connectivity index (χ4v) is 2.30. The van der Waals surface area contributed by atoms with Gasteiger partial charge < -0.3 is 10.5 Å². The summed E-state index contributed by atoms with van der Waals surface area (Å²) in [6.45, 7) is 1.32. The summed E-state index contributed by atoms with van der Waals surface area (Å²) in [7, 11) is 0. The highest BCUT2D eigenvalue weighted by Gasteiger charge is 2.33. The van der Waals surface area contributed by atoms with Gasteiger partial charge in [0.15, 0.2) is 0 Å². The minimum Gasteiger partial charge on any atom is -0.493 e. The molecule has 88 valence electrons. The summed E-state index contributed by atoms with van der Waals surface area (Å²) in [5, 5.41) is 0. The third-order valence-corrected chi connectivity index (χ3v) is 3.46. The zero-order valence-electron chi connectivity index (χ0n) is 9.42. The fraction of sp³-hybridized carbons (Fsp3) is 0.538. The van der Waals surface area contributed by atoms with E-state index in [4.69, 9.17) is 10.5 Å². The summed E-state index contributed by atoms with van der Waals surface area (Å²) in [6.07, 6.45) is 4.77. The van der Waals surface area contributed by atoms with E-state index in [0.717, 1.165) is 18.6 Å². The lowest BCUT2D eigenvalue weighted by atomic mass is 9.87. The van der Waals surface area contributed by atoms with Crippen molar-refractivity contribution in [1.29, 1.82) is 0 Å². The molecule has 0 saturated heterocycles. The van der Waals surface area contributed by atoms with Gasteiger partial charge in [0.2, 0.25) is 0 Å². The van der Waals surface area contributed by atoms with Gasteiger partial charge in [0, 0.05) is 12.0 Å². The topological polar surface area (TPSA) is 35.2 Å². The maximum absolute atomic E-state index is 12.7. The SMILES string of the molecule is NCC1(COc2ccc(F)cc2)CCCC1. The van der Waals surface area contributed by atoms with Crippen LogP contribution >= 0.6 is 0 Å². The smallest absolute Gasteiger partial charge is 0.123 e. The van der Waals surface area contributed by atoms with Crippen molar-refractivity contribution in [2.45, 2.75) is 25.7 Å². The van der Waals surface area contributed by atoms with Gasteiger partial charge >= 0.3 is 0 Å². The molecule has 0 atom stereocenters. The van der Waals surface area contributed by atoms with Crippen LogP contribution in [0.25, 0.3) is 0 Å². The molecule has 0 heterocycles. The average Bonchev–Trinajstić information content (AvgIpc) is 2.78. The molecular formula is C13H18FNO. The minimum atomic E-state index is -0.234. The van der Waals surface area contributed by atoms with Gasteiger partial charge in [0.25, 0.3) is 0 Å². The van der Waals surface area contributed by atoms with E-state index < -0.39 is 0 Å². The van der Waals surface area contributed by atoms with Gasteiger partial charge in [-0.15, -0.1) is 0 Å². The summed E-state index contributed by atoms with van der Waals surface area (Å²) in [5.41, 5.74) is 5.96. The Hall–Kier alpha value is -1.09. The fourth-order valence-electron chi connectivity index (χ4n) is 2.30. The van der Waals surface area contributed by atoms with E-state index in [1.165, 1.54) is 25.0 Å². The molecule has 1 aliphatic rings. The van der Waals surface area contributed by atoms with E-state index in [0.29, 0.717) is 13.2 Å². The molecule has 3 heteroatoms. The number of nitrogens with two attached hydrogens (primary N) is 1. The van der Waals surface area contributed by atoms with Crippen LogP contribution in [0.5, 0.6) is 5.75 Å². The molecule has 0 aliphatic heterocycles. The lowest BCUT2D eigenvalue weighted by molar-refractivity contribution is 0.157. The Kier molecular flexibility index (Phi) is 3.44. The highest BCUT2D eigenvalue weighted by molar-refractivity contribution is 5.22. The number of benzene rings is 1. The lowest BCUT2D eigenvalue weighted by Gasteiger charge is -2.26. The van der Waals surface area contributed by atoms with Crippen molar-refractivity contribution in [3.05, 3.63) is 30.1 Å². The molecule has 2 N–H and O–H groups in total. The molecule has 0 amide bonds. The Morgan fingerprint density at radius 2 is 1.81 bits per heavy atom. The highest BCUT2D eigenvalue weighted by atomic mass is 19.1. The zero-order chi connectivity index (χ0) is 11.4. The Balaban J connectivity index is 1.93. The maximum atomic E-state index is 12.7. The van der Waals surface area contributed by atoms with Crippen molar-refractivity contribution in [2.75, 3.05) is 13.2 Å². The maximum Gasteiger partial charge on any atom is 0.123 e. The molecule has 0 unspecified atom stereocenters. The van der Waals surface area contributed by atoms with E-state index in [1.54, 1.807) is 12.1 Å². The second-order valence-electron chi connectivity index (χ2n) is 4.65. The molecule has 1 saturated carbocycles. The van der Waals surface area contributed by atoms with Crippen LogP contribution < -0.4 is 10.5 Å². The number of ether oxygens (including phenoxy) is 1. The van der Waals surface area contributed by atoms with E-state index >= 15 is 0 Å². The lowest BCUT2D eigenvalue weighted by Crippen LogP contribution is -2.33. The van der Waals surface area contributed by atoms with Crippen LogP contribution in [0.15, 0.2) is 24.3 Å². The van der Waals surface area contributed by atoms with Crippen molar-refractivity contribution in [3.63, 3.8) is 0 Å². The first kappa shape index (κ1) is 11.4. The summed E-state index contributed by atoms with van der Waals surface area (Å²) >= 11 is 0. The second-order valence-corrected chi connectivity index (χ2v) is 4.65. The van der Waals surface area contributed by atoms with E-state index in [2.05, 4.69) is 0 Å². The third-order valence-electron chi connectivity index (χ3n) is 3.46. The van der Waals surface area contributed by atoms with Crippen molar-refractivity contribution in [1.82, 2.24) is 0 Å². The van der Waals surface area contributed by atoms with Gasteiger partial charge in [-0.3, -0.25) is 0 Å². The Bertz CT molecular complexity index is 330. The van der Waals surface area contributed by atoms with Crippen molar-refractivity contribution in [3.8, 4) is 5.75 Å². The molecule has 0 spiro atoms. The van der Waals surface area contributed by atoms with Crippen molar-refractivity contribution < 1.29 is 9.13 Å². The number of rotatable bonds is 4. The Morgan fingerprint density at radius 1 is 1.19 bits per heavy atom. The first-order valence-corrected chi connectivity index (χ1v) is 5.83. The van der Waals surface area contributed by atoms with Gasteiger partial charge in [0.1, 0.15) is 11.6 Å².